The van der Waals surface area contributed by atoms with Gasteiger partial charge in [0.15, 0.2) is 5.65 Å². The molecule has 9 nitrogen and oxygen atoms in total. The average Bonchev–Trinajstić information content (AvgIpc) is 3.34. The molecule has 0 bridgehead atoms. The number of nitrogens with zero attached hydrogens (tertiary/aromatic N) is 6. The highest BCUT2D eigenvalue weighted by molar-refractivity contribution is 5.94. The van der Waals surface area contributed by atoms with Crippen molar-refractivity contribution in [3.63, 3.8) is 0 Å². The molecule has 35 heavy (non-hydrogen) atoms. The Bertz CT molecular complexity index is 1690. The van der Waals surface area contributed by atoms with Crippen LogP contribution in [0, 0.1) is 6.92 Å². The Morgan fingerprint density at radius 1 is 0.886 bits per heavy atom. The summed E-state index contributed by atoms with van der Waals surface area (Å²) < 4.78 is 7.70. The topological polar surface area (TPSA) is 116 Å². The normalized spacial score (nSPS) is 11.1. The molecule has 3 aromatic heterocycles. The maximum Gasteiger partial charge on any atom is 0.224 e. The van der Waals surface area contributed by atoms with E-state index in [4.69, 9.17) is 10.5 Å². The predicted molar refractivity (Wildman–Crippen MR) is 135 cm³/mol. The number of rotatable bonds is 5. The molecule has 6 rings (SSSR count). The minimum Gasteiger partial charge on any atom is -0.439 e. The molecule has 0 aliphatic heterocycles. The molecule has 0 fully saturated rings. The second-order valence-electron chi connectivity index (χ2n) is 8.11. The lowest BCUT2D eigenvalue weighted by molar-refractivity contribution is 0.458. The van der Waals surface area contributed by atoms with E-state index in [1.54, 1.807) is 29.4 Å². The molecule has 0 aliphatic rings. The third-order valence-electron chi connectivity index (χ3n) is 5.67. The molecule has 0 amide bonds. The van der Waals surface area contributed by atoms with Crippen LogP contribution in [0.4, 0.5) is 17.2 Å². The monoisotopic (exact) mass is 460 g/mol. The van der Waals surface area contributed by atoms with E-state index in [-0.39, 0.29) is 0 Å². The number of nitrogens with two attached hydrogens (primary N) is 1. The number of aromatic nitrogens is 6. The van der Waals surface area contributed by atoms with Crippen LogP contribution in [0.2, 0.25) is 0 Å². The lowest BCUT2D eigenvalue weighted by Gasteiger charge is -2.13. The van der Waals surface area contributed by atoms with Gasteiger partial charge in [0.1, 0.15) is 30.5 Å². The third kappa shape index (κ3) is 4.06. The van der Waals surface area contributed by atoms with E-state index in [1.165, 1.54) is 0 Å². The highest BCUT2D eigenvalue weighted by Gasteiger charge is 2.10. The molecule has 0 spiro atoms. The molecular weight excluding hydrogens is 440 g/mol. The van der Waals surface area contributed by atoms with Crippen molar-refractivity contribution in [2.75, 3.05) is 11.1 Å². The summed E-state index contributed by atoms with van der Waals surface area (Å²) in [7, 11) is 0. The zero-order valence-corrected chi connectivity index (χ0v) is 18.8. The molecule has 0 aliphatic carbocycles. The number of ether oxygens (including phenoxy) is 1. The van der Waals surface area contributed by atoms with Gasteiger partial charge in [-0.3, -0.25) is 4.40 Å². The highest BCUT2D eigenvalue weighted by atomic mass is 16.5. The Morgan fingerprint density at radius 3 is 2.69 bits per heavy atom. The molecule has 0 radical (unpaired) electrons. The van der Waals surface area contributed by atoms with Crippen LogP contribution in [0.15, 0.2) is 85.7 Å². The Kier molecular flexibility index (Phi) is 4.92. The van der Waals surface area contributed by atoms with E-state index < -0.39 is 0 Å². The molecule has 6 aromatic rings. The van der Waals surface area contributed by atoms with Gasteiger partial charge in [0, 0.05) is 22.8 Å². The van der Waals surface area contributed by atoms with E-state index in [0.29, 0.717) is 23.1 Å². The highest BCUT2D eigenvalue weighted by Crippen LogP contribution is 2.31. The van der Waals surface area contributed by atoms with E-state index in [9.17, 15) is 0 Å². The third-order valence-corrected chi connectivity index (χ3v) is 5.67. The standard InChI is InChI=1S/C26H20N8O/c1-16-9-20(6-8-23(16)35-25-12-24-33-31-15-34(24)14-30-25)32-26-21-11-18(5-7-22(21)28-13-29-26)17-3-2-4-19(27)10-17/h2-15H,27H2,1H3,(H,28,29,32). The van der Waals surface area contributed by atoms with Gasteiger partial charge < -0.3 is 15.8 Å². The quantitative estimate of drug-likeness (QED) is 0.339. The molecule has 0 saturated heterocycles. The van der Waals surface area contributed by atoms with Gasteiger partial charge in [-0.15, -0.1) is 10.2 Å². The first kappa shape index (κ1) is 20.5. The first-order valence-corrected chi connectivity index (χ1v) is 10.9. The smallest absolute Gasteiger partial charge is 0.224 e. The van der Waals surface area contributed by atoms with Crippen LogP contribution in [0.3, 0.4) is 0 Å². The average molecular weight is 461 g/mol. The second-order valence-corrected chi connectivity index (χ2v) is 8.11. The Balaban J connectivity index is 1.29. The number of aryl methyl sites for hydroxylation is 1. The largest absolute Gasteiger partial charge is 0.439 e. The number of hydrogen-bond donors (Lipinski definition) is 2. The lowest BCUT2D eigenvalue weighted by atomic mass is 10.0. The van der Waals surface area contributed by atoms with Gasteiger partial charge in [-0.2, -0.15) is 0 Å². The van der Waals surface area contributed by atoms with Crippen LogP contribution in [-0.4, -0.2) is 29.5 Å². The van der Waals surface area contributed by atoms with Gasteiger partial charge in [0.25, 0.3) is 0 Å². The second kappa shape index (κ2) is 8.38. The van der Waals surface area contributed by atoms with Crippen molar-refractivity contribution in [1.29, 1.82) is 0 Å². The molecule has 0 unspecified atom stereocenters. The maximum atomic E-state index is 5.98. The molecule has 9 heteroatoms. The van der Waals surface area contributed by atoms with Crippen molar-refractivity contribution >= 4 is 33.7 Å². The molecule has 3 N–H and O–H groups in total. The number of anilines is 3. The van der Waals surface area contributed by atoms with Gasteiger partial charge in [-0.25, -0.2) is 15.0 Å². The van der Waals surface area contributed by atoms with Crippen LogP contribution in [-0.2, 0) is 0 Å². The van der Waals surface area contributed by atoms with E-state index >= 15 is 0 Å². The fourth-order valence-corrected chi connectivity index (χ4v) is 3.91. The van der Waals surface area contributed by atoms with Crippen molar-refractivity contribution in [2.45, 2.75) is 6.92 Å². The minimum atomic E-state index is 0.449. The summed E-state index contributed by atoms with van der Waals surface area (Å²) in [5.74, 6) is 1.86. The molecule has 170 valence electrons. The van der Waals surface area contributed by atoms with Crippen LogP contribution in [0.5, 0.6) is 11.6 Å². The zero-order valence-electron chi connectivity index (χ0n) is 18.8. The summed E-state index contributed by atoms with van der Waals surface area (Å²) in [5.41, 5.74) is 12.1. The molecule has 3 aromatic carbocycles. The first-order chi connectivity index (χ1) is 17.1. The van der Waals surface area contributed by atoms with Gasteiger partial charge in [-0.05, 0) is 66.1 Å². The summed E-state index contributed by atoms with van der Waals surface area (Å²) >= 11 is 0. The number of fused-ring (bicyclic) bond motifs is 2. The summed E-state index contributed by atoms with van der Waals surface area (Å²) in [6, 6.07) is 21.5. The van der Waals surface area contributed by atoms with Gasteiger partial charge in [-0.1, -0.05) is 18.2 Å². The van der Waals surface area contributed by atoms with E-state index in [2.05, 4.69) is 36.5 Å². The van der Waals surface area contributed by atoms with Crippen LogP contribution in [0.25, 0.3) is 27.7 Å². The SMILES string of the molecule is Cc1cc(Nc2ncnc3ccc(-c4cccc(N)c4)cc23)ccc1Oc1cc2nncn2cn1. The molecule has 0 saturated carbocycles. The van der Waals surface area contributed by atoms with Crippen LogP contribution >= 0.6 is 0 Å². The number of nitrogens with one attached hydrogen (secondary N) is 1. The number of nitrogen functional groups attached to an aromatic ring is 1. The summed E-state index contributed by atoms with van der Waals surface area (Å²) in [6.45, 7) is 1.98. The van der Waals surface area contributed by atoms with Gasteiger partial charge in [0.2, 0.25) is 5.88 Å². The predicted octanol–water partition coefficient (Wildman–Crippen LogP) is 5.16. The number of benzene rings is 3. The Morgan fingerprint density at radius 2 is 1.80 bits per heavy atom. The molecular formula is C26H20N8O. The van der Waals surface area contributed by atoms with Gasteiger partial charge >= 0.3 is 0 Å². The lowest BCUT2D eigenvalue weighted by Crippen LogP contribution is -1.98. The van der Waals surface area contributed by atoms with Crippen molar-refractivity contribution in [2.24, 2.45) is 0 Å². The first-order valence-electron chi connectivity index (χ1n) is 10.9. The summed E-state index contributed by atoms with van der Waals surface area (Å²) in [4.78, 5) is 13.2. The Hall–Kier alpha value is -5.05. The fraction of sp³-hybridized carbons (Fsp3) is 0.0385. The van der Waals surface area contributed by atoms with Crippen molar-refractivity contribution in [3.05, 3.63) is 91.3 Å². The van der Waals surface area contributed by atoms with Crippen molar-refractivity contribution in [3.8, 4) is 22.8 Å². The van der Waals surface area contributed by atoms with Gasteiger partial charge in [0.05, 0.1) is 5.52 Å². The number of hydrogen-bond acceptors (Lipinski definition) is 8. The van der Waals surface area contributed by atoms with Crippen molar-refractivity contribution in [1.82, 2.24) is 29.5 Å². The van der Waals surface area contributed by atoms with E-state index in [0.717, 1.165) is 39.0 Å². The Labute approximate surface area is 200 Å². The van der Waals surface area contributed by atoms with Crippen molar-refractivity contribution < 1.29 is 4.74 Å². The summed E-state index contributed by atoms with van der Waals surface area (Å²) in [5, 5.41) is 12.2. The van der Waals surface area contributed by atoms with Crippen LogP contribution in [0.1, 0.15) is 5.56 Å². The zero-order chi connectivity index (χ0) is 23.8. The van der Waals surface area contributed by atoms with Crippen LogP contribution < -0.4 is 15.8 Å². The summed E-state index contributed by atoms with van der Waals surface area (Å²) in [6.07, 6.45) is 4.77. The molecule has 3 heterocycles. The minimum absolute atomic E-state index is 0.449. The molecule has 0 atom stereocenters. The maximum absolute atomic E-state index is 5.98. The van der Waals surface area contributed by atoms with E-state index in [1.807, 2.05) is 61.5 Å². The fourth-order valence-electron chi connectivity index (χ4n) is 3.91.